The monoisotopic (exact) mass is 234 g/mol. The summed E-state index contributed by atoms with van der Waals surface area (Å²) in [6.07, 6.45) is 0.631. The summed E-state index contributed by atoms with van der Waals surface area (Å²) in [6, 6.07) is 7.68. The first-order chi connectivity index (χ1) is 7.74. The molecule has 0 aliphatic heterocycles. The Bertz CT molecular complexity index is 372. The van der Waals surface area contributed by atoms with Gasteiger partial charge in [0.25, 0.3) is 7.48 Å². The second-order valence-corrected chi connectivity index (χ2v) is 5.26. The van der Waals surface area contributed by atoms with E-state index in [1.54, 1.807) is 21.3 Å². The van der Waals surface area contributed by atoms with E-state index >= 15 is 0 Å². The van der Waals surface area contributed by atoms with E-state index in [4.69, 9.17) is 10.4 Å². The Balaban J connectivity index is 2.52. The molecule has 0 bridgehead atoms. The molecule has 0 spiro atoms. The van der Waals surface area contributed by atoms with Crippen molar-refractivity contribution in [1.29, 1.82) is 0 Å². The average molecular weight is 234 g/mol. The molecule has 17 heavy (non-hydrogen) atoms. The molecular weight excluding hydrogens is 213 g/mol. The summed E-state index contributed by atoms with van der Waals surface area (Å²) in [5.74, 6) is 0. The number of hydrogen-bond acceptors (Lipinski definition) is 3. The van der Waals surface area contributed by atoms with Crippen LogP contribution in [0.1, 0.15) is 33.3 Å². The quantitative estimate of drug-likeness (QED) is 0.604. The molecule has 0 aliphatic rings. The van der Waals surface area contributed by atoms with Crippen LogP contribution in [-0.4, -0.2) is 23.8 Å². The summed E-state index contributed by atoms with van der Waals surface area (Å²) in [5, 5.41) is 9.93. The van der Waals surface area contributed by atoms with Crippen molar-refractivity contribution in [1.82, 2.24) is 0 Å². The molecule has 1 radical (unpaired) electrons. The Morgan fingerprint density at radius 2 is 1.82 bits per heavy atom. The molecule has 1 rings (SSSR count). The molecule has 4 heteroatoms. The highest BCUT2D eigenvalue weighted by atomic mass is 16.5. The standard InChI is InChI=1S/C13H21BNO2/c1-12(2,16)13(3,4)17-14-9-10-7-5-6-8-11(10)15/h5-8,16H,9,15H2,1-4H3. The molecule has 3 N–H and O–H groups in total. The fourth-order valence-electron chi connectivity index (χ4n) is 1.20. The Labute approximate surface area is 104 Å². The van der Waals surface area contributed by atoms with E-state index in [9.17, 15) is 5.11 Å². The first-order valence-corrected chi connectivity index (χ1v) is 5.79. The molecular formula is C13H21BNO2. The fourth-order valence-corrected chi connectivity index (χ4v) is 1.20. The van der Waals surface area contributed by atoms with Crippen molar-refractivity contribution < 1.29 is 9.76 Å². The van der Waals surface area contributed by atoms with E-state index in [0.717, 1.165) is 11.3 Å². The van der Waals surface area contributed by atoms with Crippen molar-refractivity contribution in [3.63, 3.8) is 0 Å². The van der Waals surface area contributed by atoms with E-state index < -0.39 is 11.2 Å². The van der Waals surface area contributed by atoms with Crippen LogP contribution in [0.2, 0.25) is 0 Å². The number of nitrogens with two attached hydrogens (primary N) is 1. The largest absolute Gasteiger partial charge is 0.433 e. The molecule has 93 valence electrons. The lowest BCUT2D eigenvalue weighted by atomic mass is 9.83. The summed E-state index contributed by atoms with van der Waals surface area (Å²) >= 11 is 0. The van der Waals surface area contributed by atoms with Gasteiger partial charge in [-0.05, 0) is 45.6 Å². The van der Waals surface area contributed by atoms with Crippen molar-refractivity contribution >= 4 is 13.2 Å². The number of anilines is 1. The predicted molar refractivity (Wildman–Crippen MR) is 71.8 cm³/mol. The zero-order valence-electron chi connectivity index (χ0n) is 11.0. The molecule has 0 atom stereocenters. The highest BCUT2D eigenvalue weighted by Gasteiger charge is 2.35. The van der Waals surface area contributed by atoms with Crippen molar-refractivity contribution in [3.8, 4) is 0 Å². The van der Waals surface area contributed by atoms with Gasteiger partial charge in [0.1, 0.15) is 0 Å². The summed E-state index contributed by atoms with van der Waals surface area (Å²) in [4.78, 5) is 0. The minimum atomic E-state index is -0.897. The molecule has 3 nitrogen and oxygen atoms in total. The molecule has 0 heterocycles. The van der Waals surface area contributed by atoms with Gasteiger partial charge in [0, 0.05) is 5.69 Å². The van der Waals surface area contributed by atoms with Crippen molar-refractivity contribution in [2.45, 2.75) is 45.2 Å². The van der Waals surface area contributed by atoms with Crippen LogP contribution in [0.25, 0.3) is 0 Å². The maximum absolute atomic E-state index is 9.93. The van der Waals surface area contributed by atoms with Gasteiger partial charge in [0.05, 0.1) is 11.2 Å². The first-order valence-electron chi connectivity index (χ1n) is 5.79. The average Bonchev–Trinajstić information content (AvgIpc) is 2.19. The normalized spacial score (nSPS) is 12.5. The van der Waals surface area contributed by atoms with Crippen LogP contribution < -0.4 is 5.73 Å². The second kappa shape index (κ2) is 5.11. The number of aliphatic hydroxyl groups is 1. The van der Waals surface area contributed by atoms with E-state index in [1.807, 2.05) is 38.1 Å². The number of benzene rings is 1. The third-order valence-corrected chi connectivity index (χ3v) is 3.21. The minimum Gasteiger partial charge on any atom is -0.433 e. The van der Waals surface area contributed by atoms with E-state index in [-0.39, 0.29) is 0 Å². The number of para-hydroxylation sites is 1. The zero-order valence-corrected chi connectivity index (χ0v) is 11.0. The van der Waals surface area contributed by atoms with E-state index in [0.29, 0.717) is 6.32 Å². The molecule has 0 saturated carbocycles. The lowest BCUT2D eigenvalue weighted by Crippen LogP contribution is -2.48. The lowest BCUT2D eigenvalue weighted by molar-refractivity contribution is -0.0904. The third kappa shape index (κ3) is 3.75. The second-order valence-electron chi connectivity index (χ2n) is 5.26. The Morgan fingerprint density at radius 3 is 2.35 bits per heavy atom. The van der Waals surface area contributed by atoms with Crippen LogP contribution >= 0.6 is 0 Å². The summed E-state index contributed by atoms with van der Waals surface area (Å²) in [7, 11) is 1.70. The van der Waals surface area contributed by atoms with E-state index in [1.165, 1.54) is 0 Å². The van der Waals surface area contributed by atoms with Gasteiger partial charge < -0.3 is 15.5 Å². The van der Waals surface area contributed by atoms with Gasteiger partial charge in [0.15, 0.2) is 0 Å². The summed E-state index contributed by atoms with van der Waals surface area (Å²) in [6.45, 7) is 7.19. The van der Waals surface area contributed by atoms with Crippen LogP contribution in [0.4, 0.5) is 5.69 Å². The van der Waals surface area contributed by atoms with Gasteiger partial charge >= 0.3 is 0 Å². The molecule has 0 aromatic heterocycles. The Hall–Kier alpha value is -0.995. The highest BCUT2D eigenvalue weighted by molar-refractivity contribution is 6.27. The van der Waals surface area contributed by atoms with Crippen LogP contribution in [-0.2, 0) is 11.0 Å². The van der Waals surface area contributed by atoms with Crippen molar-refractivity contribution in [3.05, 3.63) is 29.8 Å². The molecule has 0 unspecified atom stereocenters. The fraction of sp³-hybridized carbons (Fsp3) is 0.538. The van der Waals surface area contributed by atoms with Gasteiger partial charge in [-0.2, -0.15) is 0 Å². The lowest BCUT2D eigenvalue weighted by Gasteiger charge is -2.37. The number of hydrogen-bond donors (Lipinski definition) is 2. The molecule has 0 saturated heterocycles. The molecule has 0 amide bonds. The van der Waals surface area contributed by atoms with Gasteiger partial charge in [-0.25, -0.2) is 0 Å². The van der Waals surface area contributed by atoms with E-state index in [2.05, 4.69) is 0 Å². The highest BCUT2D eigenvalue weighted by Crippen LogP contribution is 2.24. The van der Waals surface area contributed by atoms with Crippen LogP contribution in [0, 0.1) is 0 Å². The Kier molecular flexibility index (Phi) is 4.23. The molecule has 1 aromatic carbocycles. The predicted octanol–water partition coefficient (Wildman–Crippen LogP) is 1.95. The van der Waals surface area contributed by atoms with Gasteiger partial charge in [-0.3, -0.25) is 0 Å². The van der Waals surface area contributed by atoms with Crippen LogP contribution in [0.15, 0.2) is 24.3 Å². The molecule has 0 aliphatic carbocycles. The topological polar surface area (TPSA) is 55.5 Å². The smallest absolute Gasteiger partial charge is 0.298 e. The first kappa shape index (κ1) is 14.1. The zero-order chi connectivity index (χ0) is 13.1. The van der Waals surface area contributed by atoms with Gasteiger partial charge in [-0.1, -0.05) is 18.2 Å². The minimum absolute atomic E-state index is 0.628. The number of rotatable bonds is 5. The van der Waals surface area contributed by atoms with Gasteiger partial charge in [-0.15, -0.1) is 0 Å². The van der Waals surface area contributed by atoms with Crippen LogP contribution in [0.5, 0.6) is 0 Å². The summed E-state index contributed by atoms with van der Waals surface area (Å²) < 4.78 is 5.62. The summed E-state index contributed by atoms with van der Waals surface area (Å²) in [5.41, 5.74) is 6.09. The van der Waals surface area contributed by atoms with Crippen molar-refractivity contribution in [2.75, 3.05) is 5.73 Å². The number of nitrogen functional groups attached to an aromatic ring is 1. The van der Waals surface area contributed by atoms with Crippen LogP contribution in [0.3, 0.4) is 0 Å². The van der Waals surface area contributed by atoms with Gasteiger partial charge in [0.2, 0.25) is 0 Å². The molecule has 1 aromatic rings. The molecule has 0 fully saturated rings. The SMILES string of the molecule is CC(C)(O)C(C)(C)O[B]Cc1ccccc1N. The van der Waals surface area contributed by atoms with Crippen molar-refractivity contribution in [2.24, 2.45) is 0 Å². The maximum atomic E-state index is 9.93. The maximum Gasteiger partial charge on any atom is 0.298 e. The third-order valence-electron chi connectivity index (χ3n) is 3.21. The Morgan fingerprint density at radius 1 is 1.24 bits per heavy atom.